The Hall–Kier alpha value is -2.31. The van der Waals surface area contributed by atoms with E-state index in [9.17, 15) is 0 Å². The van der Waals surface area contributed by atoms with Crippen LogP contribution in [0.1, 0.15) is 11.3 Å². The normalized spacial score (nSPS) is 16.5. The third-order valence-electron chi connectivity index (χ3n) is 4.21. The molecule has 3 heterocycles. The van der Waals surface area contributed by atoms with Crippen LogP contribution in [-0.2, 0) is 13.0 Å². The first-order valence-electron chi connectivity index (χ1n) is 7.93. The highest BCUT2D eigenvalue weighted by Crippen LogP contribution is 2.34. The molecule has 1 N–H and O–H groups in total. The van der Waals surface area contributed by atoms with E-state index in [2.05, 4.69) is 33.1 Å². The first-order valence-corrected chi connectivity index (χ1v) is 8.81. The molecule has 1 aliphatic rings. The third-order valence-corrected chi connectivity index (χ3v) is 4.98. The summed E-state index contributed by atoms with van der Waals surface area (Å²) in [5.41, 5.74) is 2.38. The molecule has 5 nitrogen and oxygen atoms in total. The van der Waals surface area contributed by atoms with Crippen LogP contribution in [0.3, 0.4) is 0 Å². The van der Waals surface area contributed by atoms with Crippen molar-refractivity contribution in [1.82, 2.24) is 14.9 Å². The molecular weight excluding hydrogens is 322 g/mol. The summed E-state index contributed by atoms with van der Waals surface area (Å²) in [6, 6.07) is 10.5. The second-order valence-corrected chi connectivity index (χ2v) is 6.60. The quantitative estimate of drug-likeness (QED) is 0.775. The Morgan fingerprint density at radius 3 is 3.17 bits per heavy atom. The van der Waals surface area contributed by atoms with Gasteiger partial charge in [0.1, 0.15) is 6.61 Å². The lowest BCUT2D eigenvalue weighted by Gasteiger charge is -2.27. The minimum absolute atomic E-state index is 0.282. The summed E-state index contributed by atoms with van der Waals surface area (Å²) in [7, 11) is 1.68. The van der Waals surface area contributed by atoms with Gasteiger partial charge in [0.2, 0.25) is 0 Å². The van der Waals surface area contributed by atoms with E-state index in [1.165, 1.54) is 11.3 Å². The van der Waals surface area contributed by atoms with E-state index in [1.54, 1.807) is 18.4 Å². The molecule has 1 aromatic carbocycles. The molecule has 4 rings (SSSR count). The molecule has 1 aliphatic heterocycles. The maximum absolute atomic E-state index is 5.93. The number of ether oxygens (including phenoxy) is 2. The van der Waals surface area contributed by atoms with Gasteiger partial charge in [0.25, 0.3) is 0 Å². The molecule has 6 heteroatoms. The van der Waals surface area contributed by atoms with Gasteiger partial charge < -0.3 is 14.8 Å². The van der Waals surface area contributed by atoms with Gasteiger partial charge in [-0.1, -0.05) is 12.1 Å². The van der Waals surface area contributed by atoms with Gasteiger partial charge in [0.05, 0.1) is 7.11 Å². The molecule has 0 saturated heterocycles. The molecule has 0 amide bonds. The van der Waals surface area contributed by atoms with Crippen LogP contribution in [0, 0.1) is 0 Å². The molecule has 0 saturated carbocycles. The van der Waals surface area contributed by atoms with E-state index < -0.39 is 0 Å². The highest BCUT2D eigenvalue weighted by molar-refractivity contribution is 7.12. The Balaban J connectivity index is 1.44. The van der Waals surface area contributed by atoms with Crippen molar-refractivity contribution in [3.05, 3.63) is 59.4 Å². The highest BCUT2D eigenvalue weighted by Gasteiger charge is 2.22. The maximum Gasteiger partial charge on any atom is 0.193 e. The van der Waals surface area contributed by atoms with Gasteiger partial charge in [-0.25, -0.2) is 4.98 Å². The van der Waals surface area contributed by atoms with Crippen LogP contribution in [0.15, 0.2) is 48.1 Å². The summed E-state index contributed by atoms with van der Waals surface area (Å²) in [4.78, 5) is 4.38. The molecule has 0 fully saturated rings. The lowest BCUT2D eigenvalue weighted by atomic mass is 10.0. The van der Waals surface area contributed by atoms with E-state index >= 15 is 0 Å². The van der Waals surface area contributed by atoms with Crippen LogP contribution in [0.2, 0.25) is 0 Å². The van der Waals surface area contributed by atoms with E-state index in [0.29, 0.717) is 6.61 Å². The molecule has 24 heavy (non-hydrogen) atoms. The second kappa shape index (κ2) is 6.67. The zero-order valence-electron chi connectivity index (χ0n) is 13.4. The summed E-state index contributed by atoms with van der Waals surface area (Å²) in [5, 5.41) is 6.58. The van der Waals surface area contributed by atoms with Crippen molar-refractivity contribution in [3.63, 3.8) is 0 Å². The van der Waals surface area contributed by atoms with Crippen molar-refractivity contribution < 1.29 is 9.47 Å². The van der Waals surface area contributed by atoms with E-state index in [4.69, 9.17) is 9.47 Å². The van der Waals surface area contributed by atoms with Crippen molar-refractivity contribution in [1.29, 1.82) is 0 Å². The van der Waals surface area contributed by atoms with Gasteiger partial charge >= 0.3 is 0 Å². The van der Waals surface area contributed by atoms with Gasteiger partial charge in [0.15, 0.2) is 16.6 Å². The number of hydrogen-bond acceptors (Lipinski definition) is 5. The fourth-order valence-electron chi connectivity index (χ4n) is 3.02. The van der Waals surface area contributed by atoms with Crippen LogP contribution >= 0.6 is 11.3 Å². The number of methoxy groups -OCH3 is 1. The van der Waals surface area contributed by atoms with Gasteiger partial charge in [-0.3, -0.25) is 4.57 Å². The van der Waals surface area contributed by atoms with Crippen molar-refractivity contribution >= 4 is 11.3 Å². The number of thiazole rings is 1. The number of para-hydroxylation sites is 1. The molecule has 1 atom stereocenters. The predicted molar refractivity (Wildman–Crippen MR) is 94.3 cm³/mol. The molecule has 2 aromatic heterocycles. The average molecular weight is 341 g/mol. The topological polar surface area (TPSA) is 48.3 Å². The largest absolute Gasteiger partial charge is 0.493 e. The molecule has 0 radical (unpaired) electrons. The number of hydrogen-bond donors (Lipinski definition) is 1. The minimum atomic E-state index is 0.282. The Labute approximate surface area is 144 Å². The number of nitrogens with one attached hydrogen (secondary N) is 1. The molecule has 0 spiro atoms. The average Bonchev–Trinajstić information content (AvgIpc) is 3.30. The molecular formula is C18H19N3O2S. The Morgan fingerprint density at radius 1 is 1.38 bits per heavy atom. The van der Waals surface area contributed by atoms with Crippen LogP contribution < -0.4 is 14.8 Å². The van der Waals surface area contributed by atoms with E-state index in [0.717, 1.165) is 29.6 Å². The van der Waals surface area contributed by atoms with Crippen LogP contribution in [-0.4, -0.2) is 29.3 Å². The lowest BCUT2D eigenvalue weighted by Crippen LogP contribution is -2.39. The predicted octanol–water partition coefficient (Wildman–Crippen LogP) is 3.04. The monoisotopic (exact) mass is 341 g/mol. The lowest BCUT2D eigenvalue weighted by molar-refractivity contribution is 0.226. The Bertz CT molecular complexity index is 814. The van der Waals surface area contributed by atoms with Crippen LogP contribution in [0.5, 0.6) is 11.5 Å². The first kappa shape index (κ1) is 15.2. The summed E-state index contributed by atoms with van der Waals surface area (Å²) in [6.07, 6.45) is 4.81. The third kappa shape index (κ3) is 2.90. The number of nitrogens with zero attached hydrogens (tertiary/aromatic N) is 2. The highest BCUT2D eigenvalue weighted by atomic mass is 32.1. The van der Waals surface area contributed by atoms with E-state index in [1.807, 2.05) is 29.9 Å². The molecule has 3 aromatic rings. The van der Waals surface area contributed by atoms with Gasteiger partial charge in [0, 0.05) is 36.1 Å². The van der Waals surface area contributed by atoms with Crippen LogP contribution in [0.4, 0.5) is 0 Å². The molecule has 0 aliphatic carbocycles. The summed E-state index contributed by atoms with van der Waals surface area (Å²) in [5.74, 6) is 1.69. The summed E-state index contributed by atoms with van der Waals surface area (Å²) < 4.78 is 13.4. The number of benzene rings is 1. The Morgan fingerprint density at radius 2 is 2.33 bits per heavy atom. The zero-order chi connectivity index (χ0) is 16.4. The number of fused-ring (bicyclic) bond motifs is 1. The van der Waals surface area contributed by atoms with Crippen molar-refractivity contribution in [3.8, 4) is 16.6 Å². The van der Waals surface area contributed by atoms with Gasteiger partial charge in [-0.05, 0) is 30.2 Å². The maximum atomic E-state index is 5.93. The van der Waals surface area contributed by atoms with E-state index in [-0.39, 0.29) is 6.04 Å². The molecule has 0 unspecified atom stereocenters. The SMILES string of the molecule is COc1cccc2c1OC[C@H](NCc1cccn1-c1nccs1)C2. The summed E-state index contributed by atoms with van der Waals surface area (Å²) >= 11 is 1.64. The smallest absolute Gasteiger partial charge is 0.193 e. The number of rotatable bonds is 5. The molecule has 124 valence electrons. The van der Waals surface area contributed by atoms with Gasteiger partial charge in [-0.2, -0.15) is 0 Å². The van der Waals surface area contributed by atoms with Gasteiger partial charge in [-0.15, -0.1) is 11.3 Å². The first-order chi connectivity index (χ1) is 11.8. The van der Waals surface area contributed by atoms with Crippen molar-refractivity contribution in [2.24, 2.45) is 0 Å². The number of aromatic nitrogens is 2. The van der Waals surface area contributed by atoms with Crippen LogP contribution in [0.25, 0.3) is 5.13 Å². The fourth-order valence-corrected chi connectivity index (χ4v) is 3.67. The summed E-state index contributed by atoms with van der Waals surface area (Å²) in [6.45, 7) is 1.42. The Kier molecular flexibility index (Phi) is 4.23. The zero-order valence-corrected chi connectivity index (χ0v) is 14.3. The van der Waals surface area contributed by atoms with Crippen molar-refractivity contribution in [2.75, 3.05) is 13.7 Å². The standard InChI is InChI=1S/C18H19N3O2S/c1-22-16-6-2-4-13-10-14(12-23-17(13)16)20-11-15-5-3-8-21(15)18-19-7-9-24-18/h2-9,14,20H,10-12H2,1H3/t14-/m1/s1. The molecule has 0 bridgehead atoms. The fraction of sp³-hybridized carbons (Fsp3) is 0.278. The van der Waals surface area contributed by atoms with Crippen molar-refractivity contribution in [2.45, 2.75) is 19.0 Å². The minimum Gasteiger partial charge on any atom is -0.493 e. The second-order valence-electron chi connectivity index (χ2n) is 5.73.